The van der Waals surface area contributed by atoms with Gasteiger partial charge in [0.2, 0.25) is 0 Å². The molecule has 2 heteroatoms. The zero-order valence-electron chi connectivity index (χ0n) is 12.4. The van der Waals surface area contributed by atoms with Gasteiger partial charge in [0.25, 0.3) is 0 Å². The van der Waals surface area contributed by atoms with Crippen molar-refractivity contribution < 1.29 is 0 Å². The number of aryl methyl sites for hydroxylation is 1. The van der Waals surface area contributed by atoms with Crippen molar-refractivity contribution in [1.82, 2.24) is 10.3 Å². The predicted molar refractivity (Wildman–Crippen MR) is 78.7 cm³/mol. The van der Waals surface area contributed by atoms with E-state index in [1.165, 1.54) is 31.2 Å². The van der Waals surface area contributed by atoms with Crippen LogP contribution < -0.4 is 5.32 Å². The molecule has 2 atom stereocenters. The van der Waals surface area contributed by atoms with Gasteiger partial charge in [-0.05, 0) is 43.9 Å². The molecule has 0 aliphatic heterocycles. The minimum Gasteiger partial charge on any atom is -0.310 e. The van der Waals surface area contributed by atoms with Gasteiger partial charge in [0.1, 0.15) is 0 Å². The van der Waals surface area contributed by atoms with Crippen LogP contribution in [0.5, 0.6) is 0 Å². The fourth-order valence-electron chi connectivity index (χ4n) is 2.35. The molecule has 102 valence electrons. The van der Waals surface area contributed by atoms with E-state index >= 15 is 0 Å². The highest BCUT2D eigenvalue weighted by atomic mass is 14.9. The van der Waals surface area contributed by atoms with Crippen molar-refractivity contribution in [1.29, 1.82) is 0 Å². The Morgan fingerprint density at radius 2 is 2.00 bits per heavy atom. The molecule has 1 rings (SSSR count). The molecule has 0 aliphatic carbocycles. The van der Waals surface area contributed by atoms with Crippen LogP contribution in [0.2, 0.25) is 0 Å². The zero-order valence-corrected chi connectivity index (χ0v) is 12.4. The molecule has 0 spiro atoms. The van der Waals surface area contributed by atoms with E-state index in [0.29, 0.717) is 6.04 Å². The summed E-state index contributed by atoms with van der Waals surface area (Å²) in [5, 5.41) is 3.65. The van der Waals surface area contributed by atoms with Gasteiger partial charge >= 0.3 is 0 Å². The highest BCUT2D eigenvalue weighted by Gasteiger charge is 2.14. The summed E-state index contributed by atoms with van der Waals surface area (Å²) >= 11 is 0. The van der Waals surface area contributed by atoms with Gasteiger partial charge in [0.05, 0.1) is 0 Å². The monoisotopic (exact) mass is 248 g/mol. The predicted octanol–water partition coefficient (Wildman–Crippen LogP) is 4.26. The molecule has 2 nitrogen and oxygen atoms in total. The Morgan fingerprint density at radius 3 is 2.56 bits per heavy atom. The third-order valence-corrected chi connectivity index (χ3v) is 3.40. The van der Waals surface area contributed by atoms with Crippen molar-refractivity contribution in [2.45, 2.75) is 59.4 Å². The van der Waals surface area contributed by atoms with Gasteiger partial charge in [-0.1, -0.05) is 39.7 Å². The van der Waals surface area contributed by atoms with Crippen LogP contribution in [-0.2, 0) is 0 Å². The quantitative estimate of drug-likeness (QED) is 0.743. The molecule has 18 heavy (non-hydrogen) atoms. The first-order chi connectivity index (χ1) is 8.67. The van der Waals surface area contributed by atoms with Crippen LogP contribution in [0.15, 0.2) is 18.3 Å². The first kappa shape index (κ1) is 15.2. The molecule has 2 unspecified atom stereocenters. The van der Waals surface area contributed by atoms with E-state index in [1.807, 2.05) is 13.1 Å². The molecule has 1 aromatic heterocycles. The Hall–Kier alpha value is -0.890. The first-order valence-corrected chi connectivity index (χ1v) is 7.33. The molecule has 0 fully saturated rings. The minimum atomic E-state index is 0.458. The second kappa shape index (κ2) is 8.25. The summed E-state index contributed by atoms with van der Waals surface area (Å²) in [4.78, 5) is 4.42. The van der Waals surface area contributed by atoms with Crippen LogP contribution in [0.3, 0.4) is 0 Å². The molecule has 0 radical (unpaired) electrons. The van der Waals surface area contributed by atoms with Crippen LogP contribution in [-0.4, -0.2) is 11.5 Å². The molecule has 1 N–H and O–H groups in total. The summed E-state index contributed by atoms with van der Waals surface area (Å²) in [6.07, 6.45) is 7.00. The fraction of sp³-hybridized carbons (Fsp3) is 0.688. The Morgan fingerprint density at radius 1 is 1.22 bits per heavy atom. The van der Waals surface area contributed by atoms with Crippen molar-refractivity contribution >= 4 is 0 Å². The molecule has 0 aliphatic rings. The van der Waals surface area contributed by atoms with Crippen molar-refractivity contribution in [2.75, 3.05) is 6.54 Å². The second-order valence-electron chi connectivity index (χ2n) is 5.37. The molecule has 0 saturated carbocycles. The van der Waals surface area contributed by atoms with Crippen molar-refractivity contribution in [3.05, 3.63) is 29.6 Å². The van der Waals surface area contributed by atoms with Crippen LogP contribution in [0.25, 0.3) is 0 Å². The molecule has 0 amide bonds. The van der Waals surface area contributed by atoms with E-state index in [2.05, 4.69) is 43.2 Å². The molecular formula is C16H28N2. The second-order valence-corrected chi connectivity index (χ2v) is 5.37. The lowest BCUT2D eigenvalue weighted by Gasteiger charge is -2.22. The summed E-state index contributed by atoms with van der Waals surface area (Å²) in [5.41, 5.74) is 2.42. The standard InChI is InChI=1S/C16H28N2/c1-5-7-13(3)11-16(17-10-6-2)15-9-8-14(4)18-12-15/h8-9,12-13,16-17H,5-7,10-11H2,1-4H3. The van der Waals surface area contributed by atoms with Gasteiger partial charge in [-0.25, -0.2) is 0 Å². The SMILES string of the molecule is CCCNC(CC(C)CCC)c1ccc(C)nc1. The number of nitrogens with one attached hydrogen (secondary N) is 1. The largest absolute Gasteiger partial charge is 0.310 e. The average Bonchev–Trinajstić information content (AvgIpc) is 2.36. The molecule has 0 bridgehead atoms. The number of hydrogen-bond acceptors (Lipinski definition) is 2. The van der Waals surface area contributed by atoms with Crippen molar-refractivity contribution in [3.63, 3.8) is 0 Å². The lowest BCUT2D eigenvalue weighted by Crippen LogP contribution is -2.24. The average molecular weight is 248 g/mol. The maximum absolute atomic E-state index is 4.42. The number of pyridine rings is 1. The topological polar surface area (TPSA) is 24.9 Å². The summed E-state index contributed by atoms with van der Waals surface area (Å²) in [5.74, 6) is 0.769. The molecular weight excluding hydrogens is 220 g/mol. The zero-order chi connectivity index (χ0) is 13.4. The van der Waals surface area contributed by atoms with Crippen LogP contribution in [0.1, 0.15) is 63.8 Å². The highest BCUT2D eigenvalue weighted by Crippen LogP contribution is 2.23. The summed E-state index contributed by atoms with van der Waals surface area (Å²) in [6.45, 7) is 9.95. The van der Waals surface area contributed by atoms with E-state index in [0.717, 1.165) is 18.2 Å². The maximum Gasteiger partial charge on any atom is 0.0372 e. The smallest absolute Gasteiger partial charge is 0.0372 e. The third-order valence-electron chi connectivity index (χ3n) is 3.40. The normalized spacial score (nSPS) is 14.4. The van der Waals surface area contributed by atoms with E-state index in [9.17, 15) is 0 Å². The number of rotatable bonds is 8. The Labute approximate surface area is 112 Å². The third kappa shape index (κ3) is 5.18. The number of nitrogens with zero attached hydrogens (tertiary/aromatic N) is 1. The lowest BCUT2D eigenvalue weighted by atomic mass is 9.93. The first-order valence-electron chi connectivity index (χ1n) is 7.33. The van der Waals surface area contributed by atoms with Gasteiger partial charge in [0.15, 0.2) is 0 Å². The van der Waals surface area contributed by atoms with Crippen LogP contribution >= 0.6 is 0 Å². The number of hydrogen-bond donors (Lipinski definition) is 1. The number of aromatic nitrogens is 1. The van der Waals surface area contributed by atoms with Gasteiger partial charge < -0.3 is 5.32 Å². The van der Waals surface area contributed by atoms with E-state index < -0.39 is 0 Å². The van der Waals surface area contributed by atoms with Crippen molar-refractivity contribution in [2.24, 2.45) is 5.92 Å². The summed E-state index contributed by atoms with van der Waals surface area (Å²) in [7, 11) is 0. The fourth-order valence-corrected chi connectivity index (χ4v) is 2.35. The van der Waals surface area contributed by atoms with Gasteiger partial charge in [-0.2, -0.15) is 0 Å². The lowest BCUT2D eigenvalue weighted by molar-refractivity contribution is 0.389. The summed E-state index contributed by atoms with van der Waals surface area (Å²) < 4.78 is 0. The van der Waals surface area contributed by atoms with E-state index in [4.69, 9.17) is 0 Å². The Bertz CT molecular complexity index is 318. The Kier molecular flexibility index (Phi) is 6.96. The maximum atomic E-state index is 4.42. The van der Waals surface area contributed by atoms with E-state index in [1.54, 1.807) is 0 Å². The van der Waals surface area contributed by atoms with Crippen LogP contribution in [0, 0.1) is 12.8 Å². The Balaban J connectivity index is 2.67. The van der Waals surface area contributed by atoms with Gasteiger partial charge in [-0.3, -0.25) is 4.98 Å². The molecule has 0 saturated heterocycles. The minimum absolute atomic E-state index is 0.458. The summed E-state index contributed by atoms with van der Waals surface area (Å²) in [6, 6.07) is 4.79. The van der Waals surface area contributed by atoms with Gasteiger partial charge in [0, 0.05) is 17.9 Å². The van der Waals surface area contributed by atoms with E-state index in [-0.39, 0.29) is 0 Å². The van der Waals surface area contributed by atoms with Crippen molar-refractivity contribution in [3.8, 4) is 0 Å². The molecule has 1 aromatic rings. The molecule has 1 heterocycles. The van der Waals surface area contributed by atoms with Gasteiger partial charge in [-0.15, -0.1) is 0 Å². The highest BCUT2D eigenvalue weighted by molar-refractivity contribution is 5.17. The van der Waals surface area contributed by atoms with Crippen LogP contribution in [0.4, 0.5) is 0 Å². The molecule has 0 aromatic carbocycles.